The quantitative estimate of drug-likeness (QED) is 0.789. The lowest BCUT2D eigenvalue weighted by atomic mass is 10.2. The Balaban J connectivity index is 2.86. The van der Waals surface area contributed by atoms with Crippen molar-refractivity contribution in [2.45, 2.75) is 13.3 Å². The van der Waals surface area contributed by atoms with Gasteiger partial charge in [0.2, 0.25) is 0 Å². The molecule has 0 fully saturated rings. The van der Waals surface area contributed by atoms with Crippen LogP contribution in [0.2, 0.25) is 0 Å². The number of ether oxygens (including phenoxy) is 1. The normalized spacial score (nSPS) is 10.6. The zero-order chi connectivity index (χ0) is 12.1. The average molecular weight is 230 g/mol. The van der Waals surface area contributed by atoms with E-state index in [2.05, 4.69) is 0 Å². The molecule has 0 aliphatic rings. The first-order chi connectivity index (χ1) is 7.52. The van der Waals surface area contributed by atoms with E-state index < -0.39 is 6.43 Å². The maximum absolute atomic E-state index is 12.2. The number of anilines is 2. The van der Waals surface area contributed by atoms with Crippen LogP contribution in [0.25, 0.3) is 0 Å². The van der Waals surface area contributed by atoms with Crippen LogP contribution in [0, 0.1) is 0 Å². The Morgan fingerprint density at radius 3 is 2.62 bits per heavy atom. The van der Waals surface area contributed by atoms with E-state index in [4.69, 9.17) is 10.5 Å². The first kappa shape index (κ1) is 12.5. The molecule has 5 heteroatoms. The summed E-state index contributed by atoms with van der Waals surface area (Å²) in [5, 5.41) is 0. The van der Waals surface area contributed by atoms with Crippen LogP contribution in [0.3, 0.4) is 0 Å². The number of rotatable bonds is 5. The molecule has 1 aromatic carbocycles. The monoisotopic (exact) mass is 230 g/mol. The van der Waals surface area contributed by atoms with Gasteiger partial charge in [-0.05, 0) is 13.0 Å². The van der Waals surface area contributed by atoms with Gasteiger partial charge in [-0.25, -0.2) is 8.78 Å². The van der Waals surface area contributed by atoms with Crippen molar-refractivity contribution in [2.24, 2.45) is 0 Å². The summed E-state index contributed by atoms with van der Waals surface area (Å²) in [6, 6.07) is 5.01. The lowest BCUT2D eigenvalue weighted by Gasteiger charge is -2.20. The molecular weight excluding hydrogens is 214 g/mol. The fraction of sp³-hybridized carbons (Fsp3) is 0.455. The molecule has 0 amide bonds. The summed E-state index contributed by atoms with van der Waals surface area (Å²) in [6.07, 6.45) is -2.37. The minimum Gasteiger partial charge on any atom is -0.494 e. The van der Waals surface area contributed by atoms with Crippen molar-refractivity contribution in [3.8, 4) is 5.75 Å². The van der Waals surface area contributed by atoms with Crippen molar-refractivity contribution < 1.29 is 13.5 Å². The molecule has 0 saturated carbocycles. The molecule has 1 rings (SSSR count). The molecule has 90 valence electrons. The van der Waals surface area contributed by atoms with Crippen LogP contribution in [0.4, 0.5) is 20.2 Å². The molecule has 0 heterocycles. The van der Waals surface area contributed by atoms with Crippen LogP contribution in [-0.4, -0.2) is 26.6 Å². The van der Waals surface area contributed by atoms with Crippen LogP contribution in [0.1, 0.15) is 6.92 Å². The first-order valence-corrected chi connectivity index (χ1v) is 5.05. The maximum atomic E-state index is 12.2. The lowest BCUT2D eigenvalue weighted by molar-refractivity contribution is 0.156. The summed E-state index contributed by atoms with van der Waals surface area (Å²) < 4.78 is 29.7. The van der Waals surface area contributed by atoms with Gasteiger partial charge in [0, 0.05) is 30.6 Å². The third-order valence-electron chi connectivity index (χ3n) is 2.08. The molecule has 16 heavy (non-hydrogen) atoms. The summed E-state index contributed by atoms with van der Waals surface area (Å²) in [4.78, 5) is 1.45. The zero-order valence-corrected chi connectivity index (χ0v) is 9.41. The maximum Gasteiger partial charge on any atom is 0.255 e. The van der Waals surface area contributed by atoms with Crippen molar-refractivity contribution in [1.29, 1.82) is 0 Å². The van der Waals surface area contributed by atoms with Gasteiger partial charge in [-0.2, -0.15) is 0 Å². The van der Waals surface area contributed by atoms with E-state index in [1.165, 1.54) is 4.90 Å². The van der Waals surface area contributed by atoms with E-state index in [1.54, 1.807) is 25.2 Å². The van der Waals surface area contributed by atoms with E-state index >= 15 is 0 Å². The number of nitrogen functional groups attached to an aromatic ring is 1. The Labute approximate surface area is 93.8 Å². The molecule has 2 N–H and O–H groups in total. The molecule has 0 atom stereocenters. The second kappa shape index (κ2) is 5.53. The molecule has 0 aliphatic heterocycles. The lowest BCUT2D eigenvalue weighted by Crippen LogP contribution is -2.24. The molecule has 0 aromatic heterocycles. The standard InChI is InChI=1S/C11H16F2N2O/c1-3-16-10-5-8(14)4-9(6-10)15(2)7-11(12)13/h4-6,11H,3,7,14H2,1-2H3. The Kier molecular flexibility index (Phi) is 4.34. The second-order valence-corrected chi connectivity index (χ2v) is 3.46. The van der Waals surface area contributed by atoms with Crippen LogP contribution in [-0.2, 0) is 0 Å². The topological polar surface area (TPSA) is 38.5 Å². The summed E-state index contributed by atoms with van der Waals surface area (Å²) in [7, 11) is 1.59. The predicted molar refractivity (Wildman–Crippen MR) is 61.3 cm³/mol. The first-order valence-electron chi connectivity index (χ1n) is 5.05. The highest BCUT2D eigenvalue weighted by molar-refractivity contribution is 5.60. The Morgan fingerprint density at radius 2 is 2.06 bits per heavy atom. The van der Waals surface area contributed by atoms with Gasteiger partial charge < -0.3 is 15.4 Å². The van der Waals surface area contributed by atoms with Crippen LogP contribution in [0.5, 0.6) is 5.75 Å². The number of hydrogen-bond donors (Lipinski definition) is 1. The third-order valence-corrected chi connectivity index (χ3v) is 2.08. The number of hydrogen-bond acceptors (Lipinski definition) is 3. The fourth-order valence-corrected chi connectivity index (χ4v) is 1.39. The average Bonchev–Trinajstić information content (AvgIpc) is 2.16. The summed E-state index contributed by atoms with van der Waals surface area (Å²) >= 11 is 0. The predicted octanol–water partition coefficient (Wildman–Crippen LogP) is 2.37. The number of halogens is 2. The SMILES string of the molecule is CCOc1cc(N)cc(N(C)CC(F)F)c1. The molecule has 0 saturated heterocycles. The minimum absolute atomic E-state index is 0.324. The van der Waals surface area contributed by atoms with Gasteiger partial charge in [-0.3, -0.25) is 0 Å². The zero-order valence-electron chi connectivity index (χ0n) is 9.41. The van der Waals surface area contributed by atoms with E-state index in [0.29, 0.717) is 23.7 Å². The van der Waals surface area contributed by atoms with E-state index in [-0.39, 0.29) is 6.54 Å². The van der Waals surface area contributed by atoms with Crippen LogP contribution >= 0.6 is 0 Å². The minimum atomic E-state index is -2.37. The number of nitrogens with two attached hydrogens (primary N) is 1. The molecule has 0 bridgehead atoms. The number of benzene rings is 1. The fourth-order valence-electron chi connectivity index (χ4n) is 1.39. The molecule has 1 aromatic rings. The Hall–Kier alpha value is -1.52. The highest BCUT2D eigenvalue weighted by atomic mass is 19.3. The van der Waals surface area contributed by atoms with Gasteiger partial charge in [-0.15, -0.1) is 0 Å². The van der Waals surface area contributed by atoms with Gasteiger partial charge in [0.05, 0.1) is 13.2 Å². The third kappa shape index (κ3) is 3.56. The largest absolute Gasteiger partial charge is 0.494 e. The van der Waals surface area contributed by atoms with Gasteiger partial charge in [0.25, 0.3) is 6.43 Å². The summed E-state index contributed by atoms with van der Waals surface area (Å²) in [5.41, 5.74) is 6.79. The van der Waals surface area contributed by atoms with E-state index in [0.717, 1.165) is 0 Å². The van der Waals surface area contributed by atoms with Gasteiger partial charge in [0.1, 0.15) is 5.75 Å². The van der Waals surface area contributed by atoms with Crippen molar-refractivity contribution in [2.75, 3.05) is 30.8 Å². The van der Waals surface area contributed by atoms with E-state index in [1.807, 2.05) is 6.92 Å². The van der Waals surface area contributed by atoms with Crippen molar-refractivity contribution in [1.82, 2.24) is 0 Å². The van der Waals surface area contributed by atoms with Crippen molar-refractivity contribution in [3.05, 3.63) is 18.2 Å². The second-order valence-electron chi connectivity index (χ2n) is 3.46. The Morgan fingerprint density at radius 1 is 1.38 bits per heavy atom. The molecule has 0 unspecified atom stereocenters. The molecule has 0 aliphatic carbocycles. The Bertz CT molecular complexity index is 345. The molecule has 0 spiro atoms. The van der Waals surface area contributed by atoms with Gasteiger partial charge >= 0.3 is 0 Å². The smallest absolute Gasteiger partial charge is 0.255 e. The van der Waals surface area contributed by atoms with Crippen LogP contribution in [0.15, 0.2) is 18.2 Å². The number of alkyl halides is 2. The number of nitrogens with zero attached hydrogens (tertiary/aromatic N) is 1. The summed E-state index contributed by atoms with van der Waals surface area (Å²) in [6.45, 7) is 2.04. The van der Waals surface area contributed by atoms with Gasteiger partial charge in [-0.1, -0.05) is 0 Å². The van der Waals surface area contributed by atoms with Crippen molar-refractivity contribution >= 4 is 11.4 Å². The van der Waals surface area contributed by atoms with E-state index in [9.17, 15) is 8.78 Å². The van der Waals surface area contributed by atoms with Crippen LogP contribution < -0.4 is 15.4 Å². The highest BCUT2D eigenvalue weighted by Gasteiger charge is 2.10. The highest BCUT2D eigenvalue weighted by Crippen LogP contribution is 2.25. The van der Waals surface area contributed by atoms with Gasteiger partial charge in [0.15, 0.2) is 0 Å². The summed E-state index contributed by atoms with van der Waals surface area (Å²) in [5.74, 6) is 0.596. The molecule has 3 nitrogen and oxygen atoms in total. The van der Waals surface area contributed by atoms with Crippen molar-refractivity contribution in [3.63, 3.8) is 0 Å². The molecule has 0 radical (unpaired) electrons. The molecular formula is C11H16F2N2O.